The lowest BCUT2D eigenvalue weighted by Crippen LogP contribution is -2.46. The molecule has 7 nitrogen and oxygen atoms in total. The molecular formula is C25H28F3N5O2S. The van der Waals surface area contributed by atoms with Crippen molar-refractivity contribution in [3.05, 3.63) is 71.3 Å². The van der Waals surface area contributed by atoms with Crippen LogP contribution in [0.2, 0.25) is 0 Å². The maximum absolute atomic E-state index is 13.6. The summed E-state index contributed by atoms with van der Waals surface area (Å²) >= 11 is 1.04. The molecule has 0 spiro atoms. The number of alkyl halides is 3. The third kappa shape index (κ3) is 7.01. The van der Waals surface area contributed by atoms with Crippen LogP contribution in [0.1, 0.15) is 41.4 Å². The summed E-state index contributed by atoms with van der Waals surface area (Å²) in [5.74, 6) is 0.714. The summed E-state index contributed by atoms with van der Waals surface area (Å²) in [5.41, 5.74) is 0.229. The third-order valence-corrected chi connectivity index (χ3v) is 6.45. The molecule has 3 heterocycles. The average molecular weight is 520 g/mol. The van der Waals surface area contributed by atoms with Crippen molar-refractivity contribution in [2.75, 3.05) is 31.1 Å². The van der Waals surface area contributed by atoms with Gasteiger partial charge in [0, 0.05) is 44.8 Å². The number of thioether (sulfide) groups is 1. The summed E-state index contributed by atoms with van der Waals surface area (Å²) in [5, 5.41) is 2.74. The molecule has 3 aromatic rings. The van der Waals surface area contributed by atoms with Gasteiger partial charge in [-0.25, -0.2) is 9.97 Å². The lowest BCUT2D eigenvalue weighted by molar-refractivity contribution is -0.141. The fraction of sp³-hybridized carbons (Fsp3) is 0.400. The van der Waals surface area contributed by atoms with Crippen molar-refractivity contribution < 1.29 is 22.4 Å². The number of hydrogen-bond acceptors (Lipinski definition) is 7. The van der Waals surface area contributed by atoms with Crippen molar-refractivity contribution in [2.24, 2.45) is 0 Å². The molecule has 0 radical (unpaired) electrons. The average Bonchev–Trinajstić information content (AvgIpc) is 3.32. The van der Waals surface area contributed by atoms with E-state index in [2.05, 4.69) is 32.3 Å². The number of aromatic nitrogens is 2. The Labute approximate surface area is 212 Å². The van der Waals surface area contributed by atoms with Gasteiger partial charge in [-0.3, -0.25) is 9.69 Å². The molecule has 0 unspecified atom stereocenters. The number of amides is 1. The molecule has 192 valence electrons. The van der Waals surface area contributed by atoms with Crippen LogP contribution in [0.25, 0.3) is 0 Å². The molecule has 36 heavy (non-hydrogen) atoms. The van der Waals surface area contributed by atoms with E-state index in [1.807, 2.05) is 36.9 Å². The molecule has 1 amide bonds. The van der Waals surface area contributed by atoms with Crippen LogP contribution < -0.4 is 10.2 Å². The van der Waals surface area contributed by atoms with Gasteiger partial charge in [-0.15, -0.1) is 0 Å². The van der Waals surface area contributed by atoms with Crippen LogP contribution in [0.15, 0.2) is 58.1 Å². The molecule has 0 aliphatic carbocycles. The summed E-state index contributed by atoms with van der Waals surface area (Å²) in [6, 6.07) is 14.2. The molecular weight excluding hydrogens is 491 g/mol. The second kappa shape index (κ2) is 11.3. The van der Waals surface area contributed by atoms with Crippen molar-refractivity contribution in [1.29, 1.82) is 0 Å². The summed E-state index contributed by atoms with van der Waals surface area (Å²) < 4.78 is 46.3. The first-order valence-electron chi connectivity index (χ1n) is 11.7. The Hall–Kier alpha value is -3.05. The Kier molecular flexibility index (Phi) is 8.20. The van der Waals surface area contributed by atoms with Gasteiger partial charge in [-0.05, 0) is 31.5 Å². The van der Waals surface area contributed by atoms with Gasteiger partial charge in [0.2, 0.25) is 0 Å². The van der Waals surface area contributed by atoms with Crippen molar-refractivity contribution in [2.45, 2.75) is 43.5 Å². The van der Waals surface area contributed by atoms with Gasteiger partial charge in [0.05, 0.1) is 5.75 Å². The van der Waals surface area contributed by atoms with Gasteiger partial charge in [0.25, 0.3) is 5.91 Å². The lowest BCUT2D eigenvalue weighted by Gasteiger charge is -2.35. The number of furan rings is 1. The first-order chi connectivity index (χ1) is 17.2. The van der Waals surface area contributed by atoms with Gasteiger partial charge in [0.15, 0.2) is 16.6 Å². The molecule has 1 aliphatic rings. The van der Waals surface area contributed by atoms with Gasteiger partial charge in [-0.1, -0.05) is 42.1 Å². The first kappa shape index (κ1) is 26.0. The van der Waals surface area contributed by atoms with Crippen LogP contribution >= 0.6 is 11.8 Å². The second-order valence-electron chi connectivity index (χ2n) is 8.82. The number of carbonyl (C=O) groups excluding carboxylic acids is 1. The fourth-order valence-electron chi connectivity index (χ4n) is 3.81. The summed E-state index contributed by atoms with van der Waals surface area (Å²) in [6.45, 7) is 7.04. The molecule has 1 aliphatic heterocycles. The smallest absolute Gasteiger partial charge is 0.433 e. The van der Waals surface area contributed by atoms with E-state index in [1.54, 1.807) is 12.1 Å². The van der Waals surface area contributed by atoms with Crippen LogP contribution in [0, 0.1) is 0 Å². The highest BCUT2D eigenvalue weighted by Gasteiger charge is 2.34. The van der Waals surface area contributed by atoms with Crippen LogP contribution in [0.3, 0.4) is 0 Å². The Bertz CT molecular complexity index is 1160. The quantitative estimate of drug-likeness (QED) is 0.337. The fourth-order valence-corrected chi connectivity index (χ4v) is 4.56. The molecule has 11 heteroatoms. The number of rotatable bonds is 8. The monoisotopic (exact) mass is 519 g/mol. The number of anilines is 1. The predicted octanol–water partition coefficient (Wildman–Crippen LogP) is 4.84. The molecule has 0 atom stereocenters. The van der Waals surface area contributed by atoms with E-state index in [0.717, 1.165) is 37.5 Å². The largest absolute Gasteiger partial charge is 0.455 e. The maximum atomic E-state index is 13.6. The zero-order chi connectivity index (χ0) is 25.7. The Morgan fingerprint density at radius 1 is 1.08 bits per heavy atom. The number of carbonyl (C=O) groups is 1. The highest BCUT2D eigenvalue weighted by molar-refractivity contribution is 7.98. The number of halogens is 3. The second-order valence-corrected chi connectivity index (χ2v) is 9.77. The summed E-state index contributed by atoms with van der Waals surface area (Å²) in [6.07, 6.45) is -4.59. The van der Waals surface area contributed by atoms with E-state index < -0.39 is 11.9 Å². The molecule has 0 bridgehead atoms. The van der Waals surface area contributed by atoms with E-state index in [9.17, 15) is 18.0 Å². The zero-order valence-electron chi connectivity index (χ0n) is 20.1. The molecule has 0 saturated carbocycles. The van der Waals surface area contributed by atoms with E-state index >= 15 is 0 Å². The SMILES string of the molecule is CC(C)NC(=O)c1ccc(CSc2nc(N3CCN(Cc4ccccc4)CC3)cc(C(F)(F)F)n2)o1. The molecule has 2 aromatic heterocycles. The Morgan fingerprint density at radius 3 is 2.47 bits per heavy atom. The van der Waals surface area contributed by atoms with E-state index in [0.29, 0.717) is 18.8 Å². The first-order valence-corrected chi connectivity index (χ1v) is 12.7. The van der Waals surface area contributed by atoms with Crippen LogP contribution in [0.5, 0.6) is 0 Å². The van der Waals surface area contributed by atoms with E-state index in [1.165, 1.54) is 5.56 Å². The number of piperazine rings is 1. The van der Waals surface area contributed by atoms with Crippen LogP contribution in [-0.4, -0.2) is 53.0 Å². The molecule has 1 N–H and O–H groups in total. The van der Waals surface area contributed by atoms with Crippen LogP contribution in [0.4, 0.5) is 19.0 Å². The maximum Gasteiger partial charge on any atom is 0.433 e. The van der Waals surface area contributed by atoms with Gasteiger partial charge in [-0.2, -0.15) is 13.2 Å². The van der Waals surface area contributed by atoms with Crippen molar-refractivity contribution in [1.82, 2.24) is 20.2 Å². The van der Waals surface area contributed by atoms with Crippen molar-refractivity contribution >= 4 is 23.5 Å². The van der Waals surface area contributed by atoms with Crippen LogP contribution in [-0.2, 0) is 18.5 Å². The number of benzene rings is 1. The number of hydrogen-bond donors (Lipinski definition) is 1. The summed E-state index contributed by atoms with van der Waals surface area (Å²) in [4.78, 5) is 24.4. The minimum absolute atomic E-state index is 0.0103. The standard InChI is InChI=1S/C25H28F3N5O2S/c1-17(2)29-23(34)20-9-8-19(35-20)16-36-24-30-21(25(26,27)28)14-22(31-24)33-12-10-32(11-13-33)15-18-6-4-3-5-7-18/h3-9,14,17H,10-13,15-16H2,1-2H3,(H,29,34). The van der Waals surface area contributed by atoms with E-state index in [4.69, 9.17) is 4.42 Å². The number of nitrogens with one attached hydrogen (secondary N) is 1. The van der Waals surface area contributed by atoms with Crippen molar-refractivity contribution in [3.8, 4) is 0 Å². The minimum Gasteiger partial charge on any atom is -0.455 e. The molecule has 1 saturated heterocycles. The highest BCUT2D eigenvalue weighted by atomic mass is 32.2. The normalized spacial score (nSPS) is 14.9. The van der Waals surface area contributed by atoms with Crippen molar-refractivity contribution in [3.63, 3.8) is 0 Å². The lowest BCUT2D eigenvalue weighted by atomic mass is 10.2. The van der Waals surface area contributed by atoms with Gasteiger partial charge < -0.3 is 14.6 Å². The zero-order valence-corrected chi connectivity index (χ0v) is 20.9. The third-order valence-electron chi connectivity index (χ3n) is 5.58. The van der Waals surface area contributed by atoms with Gasteiger partial charge >= 0.3 is 6.18 Å². The molecule has 1 aromatic carbocycles. The molecule has 4 rings (SSSR count). The molecule has 1 fully saturated rings. The van der Waals surface area contributed by atoms with E-state index in [-0.39, 0.29) is 34.4 Å². The topological polar surface area (TPSA) is 74.5 Å². The highest BCUT2D eigenvalue weighted by Crippen LogP contribution is 2.32. The Balaban J connectivity index is 1.42. The Morgan fingerprint density at radius 2 is 1.81 bits per heavy atom. The summed E-state index contributed by atoms with van der Waals surface area (Å²) in [7, 11) is 0. The number of nitrogens with zero attached hydrogens (tertiary/aromatic N) is 4. The predicted molar refractivity (Wildman–Crippen MR) is 132 cm³/mol. The van der Waals surface area contributed by atoms with Gasteiger partial charge in [0.1, 0.15) is 11.6 Å². The minimum atomic E-state index is -4.59.